The third-order valence-electron chi connectivity index (χ3n) is 11.9. The van der Waals surface area contributed by atoms with E-state index in [1.807, 2.05) is 25.1 Å². The molecule has 0 saturated heterocycles. The van der Waals surface area contributed by atoms with Gasteiger partial charge in [0.25, 0.3) is 11.8 Å². The Bertz CT molecular complexity index is 2200. The van der Waals surface area contributed by atoms with Crippen LogP contribution in [0.25, 0.3) is 0 Å². The lowest BCUT2D eigenvalue weighted by molar-refractivity contribution is -0.137. The Labute approximate surface area is 333 Å². The number of rotatable bonds is 5. The Morgan fingerprint density at radius 1 is 1.20 bits per heavy atom. The number of amides is 3. The van der Waals surface area contributed by atoms with Crippen LogP contribution in [0.3, 0.4) is 0 Å². The molecule has 3 aromatic rings. The number of carbonyl (C=O) groups is 3. The molecular formula is C41H51ClN6O7S. The third-order valence-corrected chi connectivity index (χ3v) is 14.1. The third kappa shape index (κ3) is 7.92. The summed E-state index contributed by atoms with van der Waals surface area (Å²) < 4.78 is 34.8. The highest BCUT2D eigenvalue weighted by Crippen LogP contribution is 2.49. The van der Waals surface area contributed by atoms with Gasteiger partial charge in [0.15, 0.2) is 0 Å². The Hall–Kier alpha value is -4.40. The number of aryl methyl sites for hydroxylation is 2. The largest absolute Gasteiger partial charge is 0.490 e. The molecule has 0 unspecified atom stereocenters. The van der Waals surface area contributed by atoms with Crippen molar-refractivity contribution in [1.82, 2.24) is 19.4 Å². The van der Waals surface area contributed by atoms with E-state index < -0.39 is 27.3 Å². The molecule has 300 valence electrons. The van der Waals surface area contributed by atoms with Crippen LogP contribution in [0, 0.1) is 17.8 Å². The van der Waals surface area contributed by atoms with E-state index in [2.05, 4.69) is 25.1 Å². The second kappa shape index (κ2) is 15.5. The van der Waals surface area contributed by atoms with E-state index in [1.165, 1.54) is 34.0 Å². The van der Waals surface area contributed by atoms with Gasteiger partial charge in [-0.3, -0.25) is 23.8 Å². The lowest BCUT2D eigenvalue weighted by atomic mass is 9.63. The highest BCUT2D eigenvalue weighted by Gasteiger charge is 2.49. The van der Waals surface area contributed by atoms with Crippen molar-refractivity contribution >= 4 is 44.9 Å². The van der Waals surface area contributed by atoms with Gasteiger partial charge in [-0.2, -0.15) is 0 Å². The van der Waals surface area contributed by atoms with E-state index in [0.717, 1.165) is 32.1 Å². The molecule has 4 aliphatic rings. The lowest BCUT2D eigenvalue weighted by Crippen LogP contribution is -2.53. The van der Waals surface area contributed by atoms with Crippen LogP contribution in [0.5, 0.6) is 11.6 Å². The molecule has 0 radical (unpaired) electrons. The number of allylic oxidation sites excluding steroid dienone is 1. The standard InChI is InChI=1S/C41H51ClN6O7S/c1-26-8-6-17-41(52,20-36(49)46(2)3)33-13-10-29(33)21-48-24-40(16-7-9-27-18-30(42)12-14-32(27)40)25-55-35-15-11-28(19-34(35)48)37(50)44-56(53,23-26)45-38(51)31-22-47(4)43-39(31)54-5/h6,11-12,14-15,17-19,22,26,29,33,52H,7-10,13,16,20-21,23-25H2,1-5H3,(H,44,45,50,51,53)/b17-6+/t26-,29-,33+,40-,41-,56-/m0/s1. The van der Waals surface area contributed by atoms with Crippen LogP contribution in [0.4, 0.5) is 5.69 Å². The van der Waals surface area contributed by atoms with Crippen LogP contribution in [-0.4, -0.2) is 94.0 Å². The van der Waals surface area contributed by atoms with Crippen LogP contribution in [0.15, 0.2) is 59.1 Å². The van der Waals surface area contributed by atoms with Gasteiger partial charge in [0.05, 0.1) is 37.2 Å². The molecule has 1 spiro atoms. The van der Waals surface area contributed by atoms with Gasteiger partial charge in [-0.1, -0.05) is 36.7 Å². The average Bonchev–Trinajstić information content (AvgIpc) is 3.44. The van der Waals surface area contributed by atoms with Gasteiger partial charge in [-0.05, 0) is 97.7 Å². The number of aliphatic hydroxyl groups is 1. The van der Waals surface area contributed by atoms with Gasteiger partial charge in [-0.25, -0.2) is 4.21 Å². The maximum Gasteiger partial charge on any atom is 0.286 e. The van der Waals surface area contributed by atoms with Gasteiger partial charge in [0.2, 0.25) is 11.8 Å². The first-order chi connectivity index (χ1) is 26.6. The minimum Gasteiger partial charge on any atom is -0.490 e. The number of benzene rings is 2. The van der Waals surface area contributed by atoms with Gasteiger partial charge >= 0.3 is 0 Å². The number of nitrogens with zero attached hydrogens (tertiary/aromatic N) is 5. The molecular weight excluding hydrogens is 756 g/mol. The van der Waals surface area contributed by atoms with Gasteiger partial charge in [-0.15, -0.1) is 9.46 Å². The van der Waals surface area contributed by atoms with E-state index in [9.17, 15) is 23.7 Å². The molecule has 1 fully saturated rings. The summed E-state index contributed by atoms with van der Waals surface area (Å²) in [6.45, 7) is 3.37. The highest BCUT2D eigenvalue weighted by atomic mass is 35.5. The molecule has 2 N–H and O–H groups in total. The molecule has 1 aromatic heterocycles. The summed E-state index contributed by atoms with van der Waals surface area (Å²) in [6, 6.07) is 11.2. The summed E-state index contributed by atoms with van der Waals surface area (Å²) in [5.41, 5.74) is 1.50. The predicted molar refractivity (Wildman–Crippen MR) is 215 cm³/mol. The minimum atomic E-state index is -3.73. The first kappa shape index (κ1) is 39.8. The SMILES string of the molecule is COc1nn(C)cc1C(=O)N[S@@]1(=O)=NC(=O)c2ccc3c(c2)N(C[C@@H]2CC[C@H]2[C@@](O)(CC(=O)N(C)C)/C=C/C[C@H](C)C1)C[C@@]1(CCCc2cc(Cl)ccc21)CO3. The molecule has 15 heteroatoms. The zero-order valence-corrected chi connectivity index (χ0v) is 34.2. The van der Waals surface area contributed by atoms with Crippen molar-refractivity contribution in [2.24, 2.45) is 29.2 Å². The van der Waals surface area contributed by atoms with E-state index in [0.29, 0.717) is 42.6 Å². The zero-order chi connectivity index (χ0) is 40.0. The van der Waals surface area contributed by atoms with Crippen molar-refractivity contribution in [3.05, 3.63) is 82.0 Å². The number of methoxy groups -OCH3 is 1. The van der Waals surface area contributed by atoms with Crippen LogP contribution < -0.4 is 19.1 Å². The fourth-order valence-electron chi connectivity index (χ4n) is 8.91. The molecule has 2 aliphatic carbocycles. The van der Waals surface area contributed by atoms with E-state index in [-0.39, 0.29) is 58.3 Å². The Kier molecular flexibility index (Phi) is 11.0. The van der Waals surface area contributed by atoms with Crippen LogP contribution in [0.1, 0.15) is 77.3 Å². The number of hydrogen-bond donors (Lipinski definition) is 2. The number of nitrogens with one attached hydrogen (secondary N) is 1. The van der Waals surface area contributed by atoms with Crippen molar-refractivity contribution in [3.8, 4) is 11.6 Å². The summed E-state index contributed by atoms with van der Waals surface area (Å²) >= 11 is 6.47. The van der Waals surface area contributed by atoms with Crippen molar-refractivity contribution < 1.29 is 33.2 Å². The molecule has 2 aromatic carbocycles. The maximum absolute atomic E-state index is 14.7. The van der Waals surface area contributed by atoms with Gasteiger partial charge in [0, 0.05) is 56.4 Å². The van der Waals surface area contributed by atoms with Crippen molar-refractivity contribution in [2.45, 2.75) is 62.9 Å². The summed E-state index contributed by atoms with van der Waals surface area (Å²) in [6.07, 6.45) is 9.60. The highest BCUT2D eigenvalue weighted by molar-refractivity contribution is 7.92. The lowest BCUT2D eigenvalue weighted by Gasteiger charge is -2.49. The molecule has 56 heavy (non-hydrogen) atoms. The summed E-state index contributed by atoms with van der Waals surface area (Å²) in [5, 5.41) is 17.3. The molecule has 1 saturated carbocycles. The topological polar surface area (TPSA) is 156 Å². The van der Waals surface area contributed by atoms with Crippen molar-refractivity contribution in [1.29, 1.82) is 0 Å². The normalized spacial score (nSPS) is 29.4. The molecule has 6 atom stereocenters. The second-order valence-corrected chi connectivity index (χ2v) is 18.7. The number of halogens is 1. The molecule has 13 nitrogen and oxygen atoms in total. The van der Waals surface area contributed by atoms with Crippen LogP contribution in [0.2, 0.25) is 5.02 Å². The molecule has 2 bridgehead atoms. The van der Waals surface area contributed by atoms with Crippen LogP contribution >= 0.6 is 11.6 Å². The predicted octanol–water partition coefficient (Wildman–Crippen LogP) is 5.34. The Balaban J connectivity index is 1.34. The number of fused-ring (bicyclic) bond motifs is 4. The summed E-state index contributed by atoms with van der Waals surface area (Å²) in [4.78, 5) is 44.7. The fourth-order valence-corrected chi connectivity index (χ4v) is 11.0. The quantitative estimate of drug-likeness (QED) is 0.325. The molecule has 3 heterocycles. The zero-order valence-electron chi connectivity index (χ0n) is 32.6. The number of anilines is 1. The summed E-state index contributed by atoms with van der Waals surface area (Å²) in [7, 11) is 2.65. The van der Waals surface area contributed by atoms with E-state index >= 15 is 0 Å². The second-order valence-electron chi connectivity index (χ2n) is 16.3. The first-order valence-electron chi connectivity index (χ1n) is 19.2. The summed E-state index contributed by atoms with van der Waals surface area (Å²) in [5.74, 6) is -1.74. The van der Waals surface area contributed by atoms with Crippen molar-refractivity contribution in [3.63, 3.8) is 0 Å². The molecule has 2 aliphatic heterocycles. The minimum absolute atomic E-state index is 0.0312. The van der Waals surface area contributed by atoms with Crippen molar-refractivity contribution in [2.75, 3.05) is 51.6 Å². The average molecular weight is 807 g/mol. The first-order valence-corrected chi connectivity index (χ1v) is 21.3. The Morgan fingerprint density at radius 2 is 2.00 bits per heavy atom. The number of ether oxygens (including phenoxy) is 2. The number of carbonyl (C=O) groups excluding carboxylic acids is 3. The van der Waals surface area contributed by atoms with E-state index in [1.54, 1.807) is 45.4 Å². The molecule has 7 rings (SSSR count). The smallest absolute Gasteiger partial charge is 0.286 e. The van der Waals surface area contributed by atoms with E-state index in [4.69, 9.17) is 21.1 Å². The fraction of sp³-hybridized carbons (Fsp3) is 0.512. The van der Waals surface area contributed by atoms with Crippen LogP contribution in [-0.2, 0) is 33.6 Å². The van der Waals surface area contributed by atoms with Gasteiger partial charge < -0.3 is 24.4 Å². The number of hydrogen-bond acceptors (Lipinski definition) is 9. The monoisotopic (exact) mass is 806 g/mol. The molecule has 3 amide bonds. The maximum atomic E-state index is 14.7. The van der Waals surface area contributed by atoms with Gasteiger partial charge in [0.1, 0.15) is 21.2 Å². The number of aromatic nitrogens is 2. The Morgan fingerprint density at radius 3 is 2.73 bits per heavy atom.